The summed E-state index contributed by atoms with van der Waals surface area (Å²) >= 11 is 0. The Morgan fingerprint density at radius 3 is 1.88 bits per heavy atom. The first-order valence-corrected chi connectivity index (χ1v) is 11.3. The van der Waals surface area contributed by atoms with Crippen LogP contribution in [0.5, 0.6) is 0 Å². The molecular formula is C25H52O. The van der Waals surface area contributed by atoms with Gasteiger partial charge in [-0.3, -0.25) is 4.79 Å². The molecule has 0 radical (unpaired) electrons. The second-order valence-corrected chi connectivity index (χ2v) is 6.91. The van der Waals surface area contributed by atoms with Gasteiger partial charge >= 0.3 is 0 Å². The first kappa shape index (κ1) is 29.9. The molecule has 0 saturated heterocycles. The van der Waals surface area contributed by atoms with Crippen molar-refractivity contribution in [1.82, 2.24) is 0 Å². The van der Waals surface area contributed by atoms with E-state index in [0.717, 1.165) is 19.3 Å². The highest BCUT2D eigenvalue weighted by molar-refractivity contribution is 5.80. The Morgan fingerprint density at radius 2 is 1.46 bits per heavy atom. The Labute approximate surface area is 168 Å². The summed E-state index contributed by atoms with van der Waals surface area (Å²) in [5.41, 5.74) is 1.53. The predicted octanol–water partition coefficient (Wildman–Crippen LogP) is 9.32. The Hall–Kier alpha value is -0.850. The minimum atomic E-state index is 0. The van der Waals surface area contributed by atoms with Gasteiger partial charge < -0.3 is 0 Å². The van der Waals surface area contributed by atoms with Gasteiger partial charge in [0.1, 0.15) is 5.78 Å². The number of rotatable bonds is 8. The molecule has 0 bridgehead atoms. The number of unbranched alkanes of at least 4 members (excludes halogenated alkanes) is 3. The number of Topliss-reactive ketones (excluding diaryl/α,β-unsaturated/α-hetero) is 1. The monoisotopic (exact) mass is 368 g/mol. The number of allylic oxidation sites excluding steroid dienone is 3. The fourth-order valence-electron chi connectivity index (χ4n) is 2.78. The SMILES string of the molecule is C/C=C(\C)CCCCC.C=CC.CC.CCCCC(=O)C1CCCCC1.[HH]. The molecule has 0 unspecified atom stereocenters. The van der Waals surface area contributed by atoms with E-state index in [4.69, 9.17) is 0 Å². The summed E-state index contributed by atoms with van der Waals surface area (Å²) in [6.07, 6.45) is 18.7. The van der Waals surface area contributed by atoms with E-state index in [9.17, 15) is 4.79 Å². The van der Waals surface area contributed by atoms with Crippen LogP contribution in [0.2, 0.25) is 0 Å². The van der Waals surface area contributed by atoms with Crippen LogP contribution in [0, 0.1) is 5.92 Å². The maximum atomic E-state index is 11.6. The molecule has 0 aromatic carbocycles. The van der Waals surface area contributed by atoms with E-state index >= 15 is 0 Å². The van der Waals surface area contributed by atoms with E-state index in [-0.39, 0.29) is 1.43 Å². The zero-order valence-corrected chi connectivity index (χ0v) is 19.3. The van der Waals surface area contributed by atoms with E-state index in [1.54, 1.807) is 6.08 Å². The maximum Gasteiger partial charge on any atom is 0.135 e. The van der Waals surface area contributed by atoms with Crippen LogP contribution in [0.15, 0.2) is 24.3 Å². The molecule has 1 heteroatoms. The molecule has 0 aromatic heterocycles. The van der Waals surface area contributed by atoms with Gasteiger partial charge in [0.15, 0.2) is 0 Å². The molecule has 0 aromatic rings. The number of carbonyl (C=O) groups excluding carboxylic acids is 1. The third-order valence-corrected chi connectivity index (χ3v) is 4.50. The summed E-state index contributed by atoms with van der Waals surface area (Å²) in [6, 6.07) is 0. The number of hydrogen-bond donors (Lipinski definition) is 0. The van der Waals surface area contributed by atoms with Crippen molar-refractivity contribution >= 4 is 5.78 Å². The van der Waals surface area contributed by atoms with Crippen LogP contribution < -0.4 is 0 Å². The van der Waals surface area contributed by atoms with Gasteiger partial charge in [-0.2, -0.15) is 0 Å². The Morgan fingerprint density at radius 1 is 0.962 bits per heavy atom. The van der Waals surface area contributed by atoms with Crippen LogP contribution in [0.3, 0.4) is 0 Å². The van der Waals surface area contributed by atoms with Crippen LogP contribution in [0.25, 0.3) is 0 Å². The molecule has 0 aliphatic heterocycles. The standard InChI is InChI=1S/C11H20O.C9H18.C3H6.C2H6.H2/c1-2-3-9-11(12)10-7-5-4-6-8-10;1-4-6-7-8-9(3)5-2;1-3-2;1-2;/h10H,2-9H2,1H3;5H,4,6-8H2,1-3H3;3H,1H2,2H3;1-2H3;1H/b;9-5+;;;. The average Bonchev–Trinajstić information content (AvgIpc) is 2.69. The summed E-state index contributed by atoms with van der Waals surface area (Å²) in [7, 11) is 0. The Kier molecular flexibility index (Phi) is 30.3. The van der Waals surface area contributed by atoms with Gasteiger partial charge in [-0.15, -0.1) is 6.58 Å². The van der Waals surface area contributed by atoms with E-state index in [1.165, 1.54) is 63.4 Å². The first-order chi connectivity index (χ1) is 12.6. The van der Waals surface area contributed by atoms with Crippen LogP contribution in [-0.4, -0.2) is 5.78 Å². The third-order valence-electron chi connectivity index (χ3n) is 4.50. The smallest absolute Gasteiger partial charge is 0.135 e. The highest BCUT2D eigenvalue weighted by Crippen LogP contribution is 2.25. The largest absolute Gasteiger partial charge is 0.299 e. The van der Waals surface area contributed by atoms with Crippen molar-refractivity contribution < 1.29 is 6.22 Å². The van der Waals surface area contributed by atoms with Gasteiger partial charge in [0, 0.05) is 13.8 Å². The summed E-state index contributed by atoms with van der Waals surface area (Å²) < 4.78 is 0. The lowest BCUT2D eigenvalue weighted by Gasteiger charge is -2.19. The van der Waals surface area contributed by atoms with Crippen molar-refractivity contribution in [2.45, 2.75) is 126 Å². The van der Waals surface area contributed by atoms with Crippen molar-refractivity contribution in [2.24, 2.45) is 5.92 Å². The third kappa shape index (κ3) is 23.1. The fraction of sp³-hybridized carbons (Fsp3) is 0.800. The topological polar surface area (TPSA) is 17.1 Å². The van der Waals surface area contributed by atoms with Gasteiger partial charge in [-0.25, -0.2) is 0 Å². The van der Waals surface area contributed by atoms with Crippen LogP contribution in [-0.2, 0) is 4.79 Å². The molecule has 1 aliphatic rings. The second kappa shape index (κ2) is 26.4. The number of ketones is 1. The Bertz CT molecular complexity index is 314. The summed E-state index contributed by atoms with van der Waals surface area (Å²) in [6.45, 7) is 18.0. The van der Waals surface area contributed by atoms with Crippen LogP contribution in [0.4, 0.5) is 0 Å². The molecular weight excluding hydrogens is 316 g/mol. The molecule has 1 fully saturated rings. The number of hydrogen-bond acceptors (Lipinski definition) is 1. The highest BCUT2D eigenvalue weighted by Gasteiger charge is 2.19. The van der Waals surface area contributed by atoms with Crippen LogP contribution in [0.1, 0.15) is 127 Å². The molecule has 1 saturated carbocycles. The summed E-state index contributed by atoms with van der Waals surface area (Å²) in [5, 5.41) is 0. The van der Waals surface area contributed by atoms with Gasteiger partial charge in [-0.1, -0.05) is 83.9 Å². The molecule has 0 N–H and O–H groups in total. The molecule has 0 spiro atoms. The normalized spacial score (nSPS) is 13.9. The van der Waals surface area contributed by atoms with Gasteiger partial charge in [0.2, 0.25) is 0 Å². The first-order valence-electron chi connectivity index (χ1n) is 11.3. The van der Waals surface area contributed by atoms with E-state index in [2.05, 4.69) is 40.3 Å². The lowest BCUT2D eigenvalue weighted by Crippen LogP contribution is -2.17. The van der Waals surface area contributed by atoms with Crippen molar-refractivity contribution in [1.29, 1.82) is 0 Å². The molecule has 1 nitrogen and oxygen atoms in total. The van der Waals surface area contributed by atoms with Gasteiger partial charge in [0.05, 0.1) is 0 Å². The fourth-order valence-corrected chi connectivity index (χ4v) is 2.78. The van der Waals surface area contributed by atoms with Crippen molar-refractivity contribution in [2.75, 3.05) is 0 Å². The predicted molar refractivity (Wildman–Crippen MR) is 124 cm³/mol. The number of carbonyl (C=O) groups is 1. The molecule has 1 rings (SSSR count). The summed E-state index contributed by atoms with van der Waals surface area (Å²) in [4.78, 5) is 11.6. The maximum absolute atomic E-state index is 11.6. The van der Waals surface area contributed by atoms with E-state index < -0.39 is 0 Å². The zero-order valence-electron chi connectivity index (χ0n) is 19.3. The minimum absolute atomic E-state index is 0. The molecule has 0 atom stereocenters. The van der Waals surface area contributed by atoms with Crippen molar-refractivity contribution in [3.63, 3.8) is 0 Å². The minimum Gasteiger partial charge on any atom is -0.299 e. The molecule has 26 heavy (non-hydrogen) atoms. The van der Waals surface area contributed by atoms with Crippen molar-refractivity contribution in [3.05, 3.63) is 24.3 Å². The van der Waals surface area contributed by atoms with Crippen molar-refractivity contribution in [3.8, 4) is 0 Å². The molecule has 158 valence electrons. The van der Waals surface area contributed by atoms with Gasteiger partial charge in [0.25, 0.3) is 0 Å². The Balaban J connectivity index is -0.000000157. The van der Waals surface area contributed by atoms with Crippen LogP contribution >= 0.6 is 0 Å². The quantitative estimate of drug-likeness (QED) is 0.308. The zero-order chi connectivity index (χ0) is 20.6. The lowest BCUT2D eigenvalue weighted by molar-refractivity contribution is -0.123. The molecule has 0 amide bonds. The highest BCUT2D eigenvalue weighted by atomic mass is 16.1. The summed E-state index contributed by atoms with van der Waals surface area (Å²) in [5.74, 6) is 0.974. The molecule has 1 aliphatic carbocycles. The second-order valence-electron chi connectivity index (χ2n) is 6.91. The van der Waals surface area contributed by atoms with E-state index in [1.807, 2.05) is 20.8 Å². The lowest BCUT2D eigenvalue weighted by atomic mass is 9.85. The molecule has 0 heterocycles. The van der Waals surface area contributed by atoms with Gasteiger partial charge in [-0.05, 0) is 52.9 Å². The average molecular weight is 369 g/mol. The van der Waals surface area contributed by atoms with E-state index in [0.29, 0.717) is 11.7 Å².